The highest BCUT2D eigenvalue weighted by Crippen LogP contribution is 2.40. The third-order valence-corrected chi connectivity index (χ3v) is 3.84. The molecule has 1 aromatic rings. The van der Waals surface area contributed by atoms with Gasteiger partial charge in [0.05, 0.1) is 10.6 Å². The Morgan fingerprint density at radius 3 is 2.40 bits per heavy atom. The fourth-order valence-corrected chi connectivity index (χ4v) is 2.61. The van der Waals surface area contributed by atoms with E-state index in [9.17, 15) is 17.6 Å². The van der Waals surface area contributed by atoms with Crippen LogP contribution in [0, 0.1) is 11.7 Å². The minimum Gasteiger partial charge on any atom is -0.381 e. The van der Waals surface area contributed by atoms with Crippen molar-refractivity contribution in [2.75, 3.05) is 13.2 Å². The highest BCUT2D eigenvalue weighted by Gasteiger charge is 2.38. The molecule has 0 unspecified atom stereocenters. The highest BCUT2D eigenvalue weighted by molar-refractivity contribution is 6.30. The maximum Gasteiger partial charge on any atom is 0.416 e. The van der Waals surface area contributed by atoms with Crippen molar-refractivity contribution in [1.29, 1.82) is 0 Å². The Bertz CT molecular complexity index is 486. The normalized spacial score (nSPS) is 19.1. The average Bonchev–Trinajstić information content (AvgIpc) is 2.40. The molecule has 2 nitrogen and oxygen atoms in total. The Balaban J connectivity index is 2.44. The van der Waals surface area contributed by atoms with Gasteiger partial charge in [0.1, 0.15) is 5.82 Å². The van der Waals surface area contributed by atoms with E-state index in [-0.39, 0.29) is 10.9 Å². The summed E-state index contributed by atoms with van der Waals surface area (Å²) in [4.78, 5) is 0. The SMILES string of the molecule is N[C@H](c1c(C(F)(F)F)ccc(Cl)c1F)C1CCOCC1. The molecule has 112 valence electrons. The third kappa shape index (κ3) is 3.07. The van der Waals surface area contributed by atoms with Crippen LogP contribution in [-0.4, -0.2) is 13.2 Å². The van der Waals surface area contributed by atoms with Crippen molar-refractivity contribution < 1.29 is 22.3 Å². The standard InChI is InChI=1S/C13H14ClF4NO/c14-9-2-1-8(13(16,17)18)10(11(9)15)12(19)7-3-5-20-6-4-7/h1-2,7,12H,3-6,19H2/t12-/m0/s1. The highest BCUT2D eigenvalue weighted by atomic mass is 35.5. The van der Waals surface area contributed by atoms with Gasteiger partial charge in [0.2, 0.25) is 0 Å². The van der Waals surface area contributed by atoms with Gasteiger partial charge in [-0.3, -0.25) is 0 Å². The van der Waals surface area contributed by atoms with Crippen LogP contribution in [0.4, 0.5) is 17.6 Å². The zero-order valence-electron chi connectivity index (χ0n) is 10.5. The largest absolute Gasteiger partial charge is 0.416 e. The molecule has 1 aromatic carbocycles. The van der Waals surface area contributed by atoms with Crippen LogP contribution in [0.3, 0.4) is 0 Å². The van der Waals surface area contributed by atoms with Gasteiger partial charge in [-0.25, -0.2) is 4.39 Å². The molecule has 1 heterocycles. The first kappa shape index (κ1) is 15.5. The predicted octanol–water partition coefficient (Wildman–Crippen LogP) is 3.92. The topological polar surface area (TPSA) is 35.2 Å². The van der Waals surface area contributed by atoms with E-state index in [0.717, 1.165) is 12.1 Å². The average molecular weight is 312 g/mol. The van der Waals surface area contributed by atoms with E-state index in [1.165, 1.54) is 0 Å². The molecule has 1 saturated heterocycles. The Kier molecular flexibility index (Phi) is 4.56. The molecule has 2 N–H and O–H groups in total. The summed E-state index contributed by atoms with van der Waals surface area (Å²) in [6.45, 7) is 0.837. The van der Waals surface area contributed by atoms with Gasteiger partial charge in [0.15, 0.2) is 0 Å². The Morgan fingerprint density at radius 2 is 1.85 bits per heavy atom. The number of hydrogen-bond donors (Lipinski definition) is 1. The monoisotopic (exact) mass is 311 g/mol. The van der Waals surface area contributed by atoms with Crippen LogP contribution in [0.5, 0.6) is 0 Å². The fraction of sp³-hybridized carbons (Fsp3) is 0.538. The Hall–Kier alpha value is -0.850. The molecular weight excluding hydrogens is 298 g/mol. The van der Waals surface area contributed by atoms with Crippen molar-refractivity contribution in [3.05, 3.63) is 34.1 Å². The molecule has 7 heteroatoms. The summed E-state index contributed by atoms with van der Waals surface area (Å²) >= 11 is 5.60. The summed E-state index contributed by atoms with van der Waals surface area (Å²) in [5, 5.41) is -0.351. The van der Waals surface area contributed by atoms with Gasteiger partial charge < -0.3 is 10.5 Å². The Morgan fingerprint density at radius 1 is 1.25 bits per heavy atom. The summed E-state index contributed by atoms with van der Waals surface area (Å²) in [5.41, 5.74) is 4.28. The van der Waals surface area contributed by atoms with Crippen molar-refractivity contribution in [1.82, 2.24) is 0 Å². The van der Waals surface area contributed by atoms with Crippen molar-refractivity contribution in [2.24, 2.45) is 11.7 Å². The van der Waals surface area contributed by atoms with Crippen LogP contribution < -0.4 is 5.73 Å². The third-order valence-electron chi connectivity index (χ3n) is 3.55. The maximum absolute atomic E-state index is 14.1. The predicted molar refractivity (Wildman–Crippen MR) is 66.9 cm³/mol. The Labute approximate surface area is 118 Å². The molecule has 0 aliphatic carbocycles. The van der Waals surface area contributed by atoms with E-state index in [1.54, 1.807) is 0 Å². The number of benzene rings is 1. The number of ether oxygens (including phenoxy) is 1. The molecule has 0 radical (unpaired) electrons. The van der Waals surface area contributed by atoms with Gasteiger partial charge in [-0.1, -0.05) is 11.6 Å². The first-order valence-electron chi connectivity index (χ1n) is 6.20. The number of hydrogen-bond acceptors (Lipinski definition) is 2. The molecule has 1 atom stereocenters. The molecule has 0 aromatic heterocycles. The van der Waals surface area contributed by atoms with E-state index in [0.29, 0.717) is 26.1 Å². The first-order valence-corrected chi connectivity index (χ1v) is 6.58. The second-order valence-electron chi connectivity index (χ2n) is 4.80. The van der Waals surface area contributed by atoms with Crippen LogP contribution in [0.1, 0.15) is 30.0 Å². The molecule has 0 saturated carbocycles. The summed E-state index contributed by atoms with van der Waals surface area (Å²) in [7, 11) is 0. The molecular formula is C13H14ClF4NO. The van der Waals surface area contributed by atoms with Crippen molar-refractivity contribution in [3.63, 3.8) is 0 Å². The van der Waals surface area contributed by atoms with Crippen LogP contribution in [0.2, 0.25) is 5.02 Å². The molecule has 20 heavy (non-hydrogen) atoms. The molecule has 0 bridgehead atoms. The van der Waals surface area contributed by atoms with Gasteiger partial charge in [0.25, 0.3) is 0 Å². The zero-order valence-corrected chi connectivity index (χ0v) is 11.3. The summed E-state index contributed by atoms with van der Waals surface area (Å²) in [6.07, 6.45) is -3.65. The number of alkyl halides is 3. The van der Waals surface area contributed by atoms with E-state index >= 15 is 0 Å². The lowest BCUT2D eigenvalue weighted by Gasteiger charge is -2.29. The molecule has 1 aliphatic heterocycles. The molecule has 1 aliphatic rings. The van der Waals surface area contributed by atoms with Crippen LogP contribution in [0.25, 0.3) is 0 Å². The molecule has 0 amide bonds. The second-order valence-corrected chi connectivity index (χ2v) is 5.20. The van der Waals surface area contributed by atoms with Gasteiger partial charge >= 0.3 is 6.18 Å². The van der Waals surface area contributed by atoms with Crippen LogP contribution >= 0.6 is 11.6 Å². The minimum atomic E-state index is -4.66. The second kappa shape index (κ2) is 5.87. The van der Waals surface area contributed by atoms with Gasteiger partial charge in [-0.15, -0.1) is 0 Å². The lowest BCUT2D eigenvalue weighted by atomic mass is 9.85. The zero-order chi connectivity index (χ0) is 14.9. The van der Waals surface area contributed by atoms with Gasteiger partial charge in [-0.2, -0.15) is 13.2 Å². The van der Waals surface area contributed by atoms with Gasteiger partial charge in [-0.05, 0) is 30.9 Å². The number of nitrogens with two attached hydrogens (primary N) is 1. The summed E-state index contributed by atoms with van der Waals surface area (Å²) in [6, 6.07) is 0.633. The minimum absolute atomic E-state index is 0.252. The summed E-state index contributed by atoms with van der Waals surface area (Å²) < 4.78 is 58.2. The smallest absolute Gasteiger partial charge is 0.381 e. The van der Waals surface area contributed by atoms with Crippen molar-refractivity contribution >= 4 is 11.6 Å². The summed E-state index contributed by atoms with van der Waals surface area (Å²) in [5.74, 6) is -1.33. The van der Waals surface area contributed by atoms with Crippen LogP contribution in [0.15, 0.2) is 12.1 Å². The fourth-order valence-electron chi connectivity index (χ4n) is 2.45. The van der Waals surface area contributed by atoms with E-state index in [4.69, 9.17) is 22.1 Å². The van der Waals surface area contributed by atoms with Crippen molar-refractivity contribution in [3.8, 4) is 0 Å². The number of halogens is 5. The van der Waals surface area contributed by atoms with E-state index < -0.39 is 29.2 Å². The van der Waals surface area contributed by atoms with Gasteiger partial charge in [0, 0.05) is 24.8 Å². The number of rotatable bonds is 2. The molecule has 2 rings (SSSR count). The van der Waals surface area contributed by atoms with E-state index in [1.807, 2.05) is 0 Å². The molecule has 1 fully saturated rings. The van der Waals surface area contributed by atoms with E-state index in [2.05, 4.69) is 0 Å². The lowest BCUT2D eigenvalue weighted by molar-refractivity contribution is -0.138. The maximum atomic E-state index is 14.1. The van der Waals surface area contributed by atoms with Crippen LogP contribution in [-0.2, 0) is 10.9 Å². The van der Waals surface area contributed by atoms with Crippen molar-refractivity contribution in [2.45, 2.75) is 25.1 Å². The quantitative estimate of drug-likeness (QED) is 0.840. The molecule has 0 spiro atoms. The lowest BCUT2D eigenvalue weighted by Crippen LogP contribution is -2.30. The first-order chi connectivity index (χ1) is 9.32.